The number of benzene rings is 1. The van der Waals surface area contributed by atoms with Gasteiger partial charge in [0.25, 0.3) is 5.91 Å². The number of amides is 1. The lowest BCUT2D eigenvalue weighted by atomic mass is 9.96. The van der Waals surface area contributed by atoms with Crippen molar-refractivity contribution in [1.82, 2.24) is 14.9 Å². The van der Waals surface area contributed by atoms with Crippen LogP contribution in [0.25, 0.3) is 10.9 Å². The Bertz CT molecular complexity index is 1070. The normalized spacial score (nSPS) is 13.9. The third kappa shape index (κ3) is 3.91. The van der Waals surface area contributed by atoms with E-state index in [9.17, 15) is 9.59 Å². The van der Waals surface area contributed by atoms with E-state index in [2.05, 4.69) is 31.1 Å². The van der Waals surface area contributed by atoms with Gasteiger partial charge in [-0.1, -0.05) is 29.5 Å². The fraction of sp³-hybridized carbons (Fsp3) is 0.263. The number of para-hydroxylation sites is 1. The van der Waals surface area contributed by atoms with Crippen LogP contribution in [0.5, 0.6) is 0 Å². The molecular formula is C19H17BrN4O3S. The molecule has 2 aromatic heterocycles. The molecule has 3 heterocycles. The van der Waals surface area contributed by atoms with Crippen LogP contribution in [0.1, 0.15) is 21.6 Å². The highest BCUT2D eigenvalue weighted by Gasteiger charge is 2.25. The van der Waals surface area contributed by atoms with Crippen LogP contribution in [0.15, 0.2) is 34.2 Å². The number of ether oxygens (including phenoxy) is 1. The number of esters is 1. The number of nitrogens with zero attached hydrogens (tertiary/aromatic N) is 3. The molecule has 0 spiro atoms. The lowest BCUT2D eigenvalue weighted by Gasteiger charge is -2.26. The van der Waals surface area contributed by atoms with Gasteiger partial charge in [-0.2, -0.15) is 0 Å². The summed E-state index contributed by atoms with van der Waals surface area (Å²) in [5.74, 6) is -0.944. The molecule has 0 aliphatic carbocycles. The lowest BCUT2D eigenvalue weighted by Crippen LogP contribution is -2.30. The minimum Gasteiger partial charge on any atom is -0.452 e. The molecule has 9 heteroatoms. The van der Waals surface area contributed by atoms with Crippen molar-refractivity contribution >= 4 is 55.2 Å². The number of hydrogen-bond acceptors (Lipinski definition) is 7. The number of nitrogens with one attached hydrogen (secondary N) is 1. The van der Waals surface area contributed by atoms with Crippen molar-refractivity contribution in [3.8, 4) is 0 Å². The molecule has 4 rings (SSSR count). The first-order valence-corrected chi connectivity index (χ1v) is 10.3. The second-order valence-corrected chi connectivity index (χ2v) is 8.92. The summed E-state index contributed by atoms with van der Waals surface area (Å²) < 4.78 is 6.15. The molecule has 28 heavy (non-hydrogen) atoms. The summed E-state index contributed by atoms with van der Waals surface area (Å²) in [7, 11) is 2.01. The molecule has 0 atom stereocenters. The highest BCUT2D eigenvalue weighted by molar-refractivity contribution is 9.11. The number of hydrogen-bond donors (Lipinski definition) is 1. The zero-order valence-electron chi connectivity index (χ0n) is 15.1. The maximum absolute atomic E-state index is 12.9. The summed E-state index contributed by atoms with van der Waals surface area (Å²) in [6, 6.07) is 7.51. The maximum Gasteiger partial charge on any atom is 0.339 e. The zero-order chi connectivity index (χ0) is 19.7. The number of carbonyl (C=O) groups is 2. The molecule has 1 aliphatic heterocycles. The molecule has 0 unspecified atom stereocenters. The molecule has 1 aliphatic rings. The number of anilines is 1. The van der Waals surface area contributed by atoms with E-state index in [1.165, 1.54) is 11.3 Å². The largest absolute Gasteiger partial charge is 0.452 e. The molecule has 144 valence electrons. The van der Waals surface area contributed by atoms with Crippen molar-refractivity contribution in [2.45, 2.75) is 13.0 Å². The number of fused-ring (bicyclic) bond motifs is 2. The molecule has 7 nitrogen and oxygen atoms in total. The monoisotopic (exact) mass is 460 g/mol. The standard InChI is InChI=1S/C19H17BrN4O3S/c1-24-7-6-14-12(9-24)17(11-4-2-3-5-13(11)22-14)18(26)27-10-16(25)23-19-21-8-15(20)28-19/h2-5,8H,6-7,9-10H2,1H3,(H,21,23,25). The smallest absolute Gasteiger partial charge is 0.339 e. The van der Waals surface area contributed by atoms with Crippen LogP contribution in [0.3, 0.4) is 0 Å². The second-order valence-electron chi connectivity index (χ2n) is 6.51. The van der Waals surface area contributed by atoms with E-state index in [1.807, 2.05) is 31.3 Å². The molecule has 3 aromatic rings. The fourth-order valence-electron chi connectivity index (χ4n) is 3.23. The fourth-order valence-corrected chi connectivity index (χ4v) is 4.35. The van der Waals surface area contributed by atoms with Gasteiger partial charge in [0.2, 0.25) is 0 Å². The topological polar surface area (TPSA) is 84.4 Å². The molecule has 0 saturated carbocycles. The van der Waals surface area contributed by atoms with Gasteiger partial charge in [-0.25, -0.2) is 9.78 Å². The Balaban J connectivity index is 1.58. The lowest BCUT2D eigenvalue weighted by molar-refractivity contribution is -0.119. The zero-order valence-corrected chi connectivity index (χ0v) is 17.5. The van der Waals surface area contributed by atoms with Gasteiger partial charge in [-0.15, -0.1) is 0 Å². The van der Waals surface area contributed by atoms with E-state index in [0.717, 1.165) is 38.9 Å². The summed E-state index contributed by atoms with van der Waals surface area (Å²) in [4.78, 5) is 35.9. The summed E-state index contributed by atoms with van der Waals surface area (Å²) in [5, 5.41) is 3.80. The van der Waals surface area contributed by atoms with Crippen molar-refractivity contribution in [3.63, 3.8) is 0 Å². The molecule has 1 N–H and O–H groups in total. The third-order valence-electron chi connectivity index (χ3n) is 4.50. The number of likely N-dealkylation sites (N-methyl/N-ethyl adjacent to an activating group) is 1. The van der Waals surface area contributed by atoms with E-state index in [1.54, 1.807) is 6.20 Å². The van der Waals surface area contributed by atoms with Crippen LogP contribution in [0.2, 0.25) is 0 Å². The van der Waals surface area contributed by atoms with Crippen LogP contribution < -0.4 is 5.32 Å². The van der Waals surface area contributed by atoms with Crippen LogP contribution in [-0.4, -0.2) is 46.9 Å². The quantitative estimate of drug-likeness (QED) is 0.601. The first kappa shape index (κ1) is 19.0. The van der Waals surface area contributed by atoms with Crippen molar-refractivity contribution in [2.24, 2.45) is 0 Å². The van der Waals surface area contributed by atoms with Crippen molar-refractivity contribution in [1.29, 1.82) is 0 Å². The average Bonchev–Trinajstić information content (AvgIpc) is 3.09. The van der Waals surface area contributed by atoms with Crippen molar-refractivity contribution < 1.29 is 14.3 Å². The van der Waals surface area contributed by atoms with Crippen LogP contribution in [0.4, 0.5) is 5.13 Å². The summed E-state index contributed by atoms with van der Waals surface area (Å²) in [5.41, 5.74) is 3.05. The van der Waals surface area contributed by atoms with Crippen molar-refractivity contribution in [2.75, 3.05) is 25.5 Å². The SMILES string of the molecule is CN1CCc2nc3ccccc3c(C(=O)OCC(=O)Nc3ncc(Br)s3)c2C1. The number of carbonyl (C=O) groups excluding carboxylic acids is 2. The predicted octanol–water partition coefficient (Wildman–Crippen LogP) is 3.24. The minimum atomic E-state index is -0.513. The Morgan fingerprint density at radius 3 is 2.96 bits per heavy atom. The highest BCUT2D eigenvalue weighted by atomic mass is 79.9. The predicted molar refractivity (Wildman–Crippen MR) is 111 cm³/mol. The van der Waals surface area contributed by atoms with E-state index in [0.29, 0.717) is 17.2 Å². The number of rotatable bonds is 4. The number of pyridine rings is 1. The van der Waals surface area contributed by atoms with Crippen LogP contribution in [-0.2, 0) is 22.5 Å². The maximum atomic E-state index is 12.9. The molecule has 1 aromatic carbocycles. The van der Waals surface area contributed by atoms with E-state index >= 15 is 0 Å². The number of halogens is 1. The first-order valence-electron chi connectivity index (χ1n) is 8.68. The molecule has 0 radical (unpaired) electrons. The Kier molecular flexibility index (Phi) is 5.38. The van der Waals surface area contributed by atoms with Gasteiger partial charge in [0.15, 0.2) is 11.7 Å². The third-order valence-corrected chi connectivity index (χ3v) is 5.89. The first-order chi connectivity index (χ1) is 13.5. The van der Waals surface area contributed by atoms with Gasteiger partial charge in [0, 0.05) is 36.2 Å². The van der Waals surface area contributed by atoms with Gasteiger partial charge < -0.3 is 9.64 Å². The molecular weight excluding hydrogens is 444 g/mol. The van der Waals surface area contributed by atoms with E-state index < -0.39 is 11.9 Å². The average molecular weight is 461 g/mol. The van der Waals surface area contributed by atoms with Crippen LogP contribution in [0, 0.1) is 0 Å². The Hall–Kier alpha value is -2.36. The Morgan fingerprint density at radius 1 is 1.36 bits per heavy atom. The number of thiazole rings is 1. The second kappa shape index (κ2) is 7.94. The summed E-state index contributed by atoms with van der Waals surface area (Å²) in [6.07, 6.45) is 2.37. The van der Waals surface area contributed by atoms with Gasteiger partial charge in [0.05, 0.1) is 21.1 Å². The van der Waals surface area contributed by atoms with E-state index in [4.69, 9.17) is 9.72 Å². The summed E-state index contributed by atoms with van der Waals surface area (Å²) >= 11 is 4.57. The van der Waals surface area contributed by atoms with Crippen LogP contribution >= 0.6 is 27.3 Å². The Morgan fingerprint density at radius 2 is 2.18 bits per heavy atom. The Labute approximate surface area is 173 Å². The molecule has 0 saturated heterocycles. The van der Waals surface area contributed by atoms with Gasteiger partial charge in [-0.05, 0) is 29.0 Å². The summed E-state index contributed by atoms with van der Waals surface area (Å²) in [6.45, 7) is 1.13. The molecule has 0 bridgehead atoms. The van der Waals surface area contributed by atoms with Gasteiger partial charge in [-0.3, -0.25) is 15.1 Å². The minimum absolute atomic E-state index is 0.378. The van der Waals surface area contributed by atoms with Gasteiger partial charge in [0.1, 0.15) is 0 Å². The van der Waals surface area contributed by atoms with Crippen molar-refractivity contribution in [3.05, 3.63) is 51.1 Å². The van der Waals surface area contributed by atoms with E-state index in [-0.39, 0.29) is 6.61 Å². The number of aromatic nitrogens is 2. The molecule has 0 fully saturated rings. The highest BCUT2D eigenvalue weighted by Crippen LogP contribution is 2.28. The van der Waals surface area contributed by atoms with Gasteiger partial charge >= 0.3 is 5.97 Å². The molecule has 1 amide bonds.